The second kappa shape index (κ2) is 5.47. The molecule has 1 aromatic rings. The van der Waals surface area contributed by atoms with Crippen LogP contribution in [0.25, 0.3) is 0 Å². The Bertz CT molecular complexity index is 411. The van der Waals surface area contributed by atoms with Gasteiger partial charge in [0, 0.05) is 18.7 Å². The molecule has 3 N–H and O–H groups in total. The number of hydrogen-bond donors (Lipinski definition) is 2. The van der Waals surface area contributed by atoms with Crippen molar-refractivity contribution in [1.29, 1.82) is 0 Å². The van der Waals surface area contributed by atoms with Crippen LogP contribution in [-0.4, -0.2) is 23.1 Å². The average Bonchev–Trinajstić information content (AvgIpc) is 2.30. The summed E-state index contributed by atoms with van der Waals surface area (Å²) in [7, 11) is 0. The van der Waals surface area contributed by atoms with Crippen LogP contribution < -0.4 is 11.2 Å². The molecule has 1 aromatic carbocycles. The molecule has 0 spiro atoms. The predicted octanol–water partition coefficient (Wildman–Crippen LogP) is 2.44. The van der Waals surface area contributed by atoms with Crippen LogP contribution in [0.4, 0.5) is 5.69 Å². The summed E-state index contributed by atoms with van der Waals surface area (Å²) in [6.07, 6.45) is 3.83. The molecule has 92 valence electrons. The van der Waals surface area contributed by atoms with Gasteiger partial charge in [0.25, 0.3) is 0 Å². The summed E-state index contributed by atoms with van der Waals surface area (Å²) < 4.78 is 0. The van der Waals surface area contributed by atoms with E-state index in [0.717, 1.165) is 24.3 Å². The van der Waals surface area contributed by atoms with Crippen LogP contribution in [0.15, 0.2) is 18.2 Å². The monoisotopic (exact) mass is 249 g/mol. The summed E-state index contributed by atoms with van der Waals surface area (Å²) in [6, 6.07) is 6.13. The molecule has 0 atom stereocenters. The minimum atomic E-state index is 0.449. The molecule has 4 heteroatoms. The Morgan fingerprint density at radius 3 is 2.65 bits per heavy atom. The summed E-state index contributed by atoms with van der Waals surface area (Å²) >= 11 is 5.08. The van der Waals surface area contributed by atoms with Crippen LogP contribution in [-0.2, 0) is 0 Å². The fraction of sp³-hybridized carbons (Fsp3) is 0.462. The molecule has 0 bridgehead atoms. The number of aryl methyl sites for hydroxylation is 1. The van der Waals surface area contributed by atoms with Crippen LogP contribution in [0, 0.1) is 6.92 Å². The van der Waals surface area contributed by atoms with Crippen molar-refractivity contribution in [2.75, 3.05) is 18.5 Å². The predicted molar refractivity (Wildman–Crippen MR) is 76.1 cm³/mol. The summed E-state index contributed by atoms with van der Waals surface area (Å²) in [6.45, 7) is 4.25. The van der Waals surface area contributed by atoms with Crippen molar-refractivity contribution >= 4 is 22.9 Å². The number of nitrogens with one attached hydrogen (secondary N) is 1. The van der Waals surface area contributed by atoms with Gasteiger partial charge in [-0.15, -0.1) is 0 Å². The average molecular weight is 249 g/mol. The van der Waals surface area contributed by atoms with Gasteiger partial charge >= 0.3 is 0 Å². The summed E-state index contributed by atoms with van der Waals surface area (Å²) in [5.74, 6) is 0. The minimum Gasteiger partial charge on any atom is -0.389 e. The molecule has 1 aliphatic heterocycles. The largest absolute Gasteiger partial charge is 0.389 e. The van der Waals surface area contributed by atoms with Crippen molar-refractivity contribution < 1.29 is 0 Å². The lowest BCUT2D eigenvalue weighted by molar-refractivity contribution is 0.273. The molecular weight excluding hydrogens is 230 g/mol. The number of hydrogen-bond acceptors (Lipinski definition) is 3. The highest BCUT2D eigenvalue weighted by molar-refractivity contribution is 7.80. The van der Waals surface area contributed by atoms with Crippen molar-refractivity contribution in [3.05, 3.63) is 29.3 Å². The van der Waals surface area contributed by atoms with E-state index < -0.39 is 0 Å². The Balaban J connectivity index is 2.17. The first-order valence-electron chi connectivity index (χ1n) is 6.09. The normalized spacial score (nSPS) is 16.8. The van der Waals surface area contributed by atoms with Crippen LogP contribution in [0.3, 0.4) is 0 Å². The summed E-state index contributed by atoms with van der Waals surface area (Å²) in [5, 5.41) is 2.25. The van der Waals surface area contributed by atoms with Gasteiger partial charge in [-0.3, -0.25) is 0 Å². The number of nitrogens with zero attached hydrogens (tertiary/aromatic N) is 1. The molecule has 2 rings (SSSR count). The molecular formula is C13H19N3S. The molecule has 0 aromatic heterocycles. The third-order valence-electron chi connectivity index (χ3n) is 3.08. The van der Waals surface area contributed by atoms with Gasteiger partial charge in [-0.25, -0.2) is 5.01 Å². The highest BCUT2D eigenvalue weighted by atomic mass is 32.1. The fourth-order valence-corrected chi connectivity index (χ4v) is 2.32. The molecule has 3 nitrogen and oxygen atoms in total. The smallest absolute Gasteiger partial charge is 0.106 e. The van der Waals surface area contributed by atoms with E-state index in [1.165, 1.54) is 24.8 Å². The van der Waals surface area contributed by atoms with Crippen LogP contribution in [0.2, 0.25) is 0 Å². The maximum atomic E-state index is 5.74. The number of hydrazine groups is 1. The van der Waals surface area contributed by atoms with E-state index in [0.29, 0.717) is 4.99 Å². The first kappa shape index (κ1) is 12.3. The molecule has 1 aliphatic rings. The molecule has 0 radical (unpaired) electrons. The van der Waals surface area contributed by atoms with Crippen molar-refractivity contribution in [3.63, 3.8) is 0 Å². The maximum absolute atomic E-state index is 5.74. The zero-order valence-corrected chi connectivity index (χ0v) is 11.0. The van der Waals surface area contributed by atoms with E-state index in [4.69, 9.17) is 18.0 Å². The number of anilines is 1. The molecule has 0 amide bonds. The topological polar surface area (TPSA) is 41.3 Å². The number of thiocarbonyl (C=S) groups is 1. The zero-order valence-electron chi connectivity index (χ0n) is 10.2. The van der Waals surface area contributed by atoms with Crippen LogP contribution >= 0.6 is 12.2 Å². The first-order valence-corrected chi connectivity index (χ1v) is 6.50. The second-order valence-corrected chi connectivity index (χ2v) is 5.01. The number of rotatable bonds is 3. The number of piperidine rings is 1. The van der Waals surface area contributed by atoms with Gasteiger partial charge in [0.2, 0.25) is 0 Å². The van der Waals surface area contributed by atoms with Gasteiger partial charge in [-0.1, -0.05) is 24.7 Å². The summed E-state index contributed by atoms with van der Waals surface area (Å²) in [5.41, 5.74) is 12.3. The maximum Gasteiger partial charge on any atom is 0.106 e. The van der Waals surface area contributed by atoms with E-state index in [1.807, 2.05) is 12.1 Å². The molecule has 0 unspecified atom stereocenters. The van der Waals surface area contributed by atoms with Gasteiger partial charge in [0.15, 0.2) is 0 Å². The molecule has 0 saturated carbocycles. The van der Waals surface area contributed by atoms with Crippen LogP contribution in [0.1, 0.15) is 30.4 Å². The van der Waals surface area contributed by atoms with Gasteiger partial charge in [0.05, 0.1) is 5.69 Å². The molecule has 1 saturated heterocycles. The van der Waals surface area contributed by atoms with E-state index in [9.17, 15) is 0 Å². The highest BCUT2D eigenvalue weighted by Gasteiger charge is 2.12. The standard InChI is InChI=1S/C13H19N3S/c1-10-5-6-11(13(14)17)12(9-10)15-16-7-3-2-4-8-16/h5-6,9,15H,2-4,7-8H2,1H3,(H2,14,17). The van der Waals surface area contributed by atoms with Crippen molar-refractivity contribution in [3.8, 4) is 0 Å². The lowest BCUT2D eigenvalue weighted by Gasteiger charge is -2.29. The van der Waals surface area contributed by atoms with E-state index >= 15 is 0 Å². The molecule has 0 aliphatic carbocycles. The Kier molecular flexibility index (Phi) is 3.97. The number of benzene rings is 1. The van der Waals surface area contributed by atoms with E-state index in [2.05, 4.69) is 23.4 Å². The third-order valence-corrected chi connectivity index (χ3v) is 3.30. The lowest BCUT2D eigenvalue weighted by atomic mass is 10.1. The quantitative estimate of drug-likeness (QED) is 0.807. The second-order valence-electron chi connectivity index (χ2n) is 4.57. The highest BCUT2D eigenvalue weighted by Crippen LogP contribution is 2.20. The fourth-order valence-electron chi connectivity index (χ4n) is 2.14. The molecule has 1 heterocycles. The SMILES string of the molecule is Cc1ccc(C(N)=S)c(NN2CCCCC2)c1. The Hall–Kier alpha value is -1.13. The van der Waals surface area contributed by atoms with Gasteiger partial charge in [0.1, 0.15) is 4.99 Å². The Labute approximate surface area is 108 Å². The van der Waals surface area contributed by atoms with Crippen molar-refractivity contribution in [2.45, 2.75) is 26.2 Å². The number of nitrogens with two attached hydrogens (primary N) is 1. The van der Waals surface area contributed by atoms with E-state index in [1.54, 1.807) is 0 Å². The molecule has 1 fully saturated rings. The van der Waals surface area contributed by atoms with Gasteiger partial charge in [-0.2, -0.15) is 0 Å². The third kappa shape index (κ3) is 3.17. The van der Waals surface area contributed by atoms with Gasteiger partial charge < -0.3 is 11.2 Å². The Morgan fingerprint density at radius 1 is 1.29 bits per heavy atom. The lowest BCUT2D eigenvalue weighted by Crippen LogP contribution is -2.35. The summed E-state index contributed by atoms with van der Waals surface area (Å²) in [4.78, 5) is 0.449. The van der Waals surface area contributed by atoms with Gasteiger partial charge in [-0.05, 0) is 37.5 Å². The minimum absolute atomic E-state index is 0.449. The van der Waals surface area contributed by atoms with Crippen molar-refractivity contribution in [2.24, 2.45) is 5.73 Å². The first-order chi connectivity index (χ1) is 8.16. The van der Waals surface area contributed by atoms with E-state index in [-0.39, 0.29) is 0 Å². The Morgan fingerprint density at radius 2 is 2.00 bits per heavy atom. The van der Waals surface area contributed by atoms with Crippen molar-refractivity contribution in [1.82, 2.24) is 5.01 Å². The molecule has 17 heavy (non-hydrogen) atoms. The zero-order chi connectivity index (χ0) is 12.3. The van der Waals surface area contributed by atoms with Crippen LogP contribution in [0.5, 0.6) is 0 Å².